The lowest BCUT2D eigenvalue weighted by atomic mass is 10.4. The Balaban J connectivity index is 3.03. The summed E-state index contributed by atoms with van der Waals surface area (Å²) in [5, 5.41) is 3.02. The van der Waals surface area contributed by atoms with E-state index in [2.05, 4.69) is 5.32 Å². The Bertz CT molecular complexity index is 452. The first kappa shape index (κ1) is 14.6. The molecule has 4 nitrogen and oxygen atoms in total. The smallest absolute Gasteiger partial charge is 0.252 e. The van der Waals surface area contributed by atoms with Crippen LogP contribution in [0.5, 0.6) is 0 Å². The molecule has 6 heteroatoms. The molecule has 1 heterocycles. The molecule has 0 aromatic carbocycles. The van der Waals surface area contributed by atoms with E-state index in [1.165, 1.54) is 15.6 Å². The molecule has 0 amide bonds. The van der Waals surface area contributed by atoms with Crippen molar-refractivity contribution in [3.8, 4) is 0 Å². The summed E-state index contributed by atoms with van der Waals surface area (Å²) in [7, 11) is -1.48. The lowest BCUT2D eigenvalue weighted by Gasteiger charge is -2.23. The Kier molecular flexibility index (Phi) is 5.12. The Morgan fingerprint density at radius 3 is 2.53 bits per heavy atom. The van der Waals surface area contributed by atoms with Gasteiger partial charge in [0.15, 0.2) is 0 Å². The summed E-state index contributed by atoms with van der Waals surface area (Å²) < 4.78 is 26.6. The molecule has 17 heavy (non-hydrogen) atoms. The fraction of sp³-hybridized carbons (Fsp3) is 0.636. The van der Waals surface area contributed by atoms with Crippen molar-refractivity contribution in [3.63, 3.8) is 0 Å². The van der Waals surface area contributed by atoms with Gasteiger partial charge in [-0.05, 0) is 33.0 Å². The Morgan fingerprint density at radius 1 is 1.41 bits per heavy atom. The molecular weight excluding hydrogens is 256 g/mol. The molecule has 0 spiro atoms. The second kappa shape index (κ2) is 5.95. The Hall–Kier alpha value is -0.430. The topological polar surface area (TPSA) is 49.4 Å². The molecule has 0 saturated carbocycles. The van der Waals surface area contributed by atoms with Crippen molar-refractivity contribution in [2.45, 2.75) is 37.6 Å². The first-order valence-electron chi connectivity index (χ1n) is 5.68. The highest BCUT2D eigenvalue weighted by Crippen LogP contribution is 2.25. The van der Waals surface area contributed by atoms with Gasteiger partial charge in [0, 0.05) is 24.0 Å². The third-order valence-corrected chi connectivity index (χ3v) is 6.14. The van der Waals surface area contributed by atoms with Crippen molar-refractivity contribution in [3.05, 3.63) is 17.0 Å². The molecule has 0 fully saturated rings. The summed E-state index contributed by atoms with van der Waals surface area (Å²) in [4.78, 5) is 1.03. The number of hydrogen-bond donors (Lipinski definition) is 1. The zero-order valence-electron chi connectivity index (χ0n) is 10.7. The van der Waals surface area contributed by atoms with Gasteiger partial charge in [-0.3, -0.25) is 0 Å². The zero-order valence-corrected chi connectivity index (χ0v) is 12.4. The third-order valence-electron chi connectivity index (χ3n) is 2.44. The summed E-state index contributed by atoms with van der Waals surface area (Å²) in [5.41, 5.74) is 0. The molecule has 1 N–H and O–H groups in total. The number of rotatable bonds is 6. The number of hydrogen-bond acceptors (Lipinski definition) is 4. The maximum Gasteiger partial charge on any atom is 0.252 e. The minimum atomic E-state index is -3.32. The molecule has 0 aliphatic rings. The quantitative estimate of drug-likeness (QED) is 0.863. The molecule has 1 aromatic rings. The monoisotopic (exact) mass is 276 g/mol. The van der Waals surface area contributed by atoms with Gasteiger partial charge in [0.05, 0.1) is 0 Å². The fourth-order valence-electron chi connectivity index (χ4n) is 1.69. The van der Waals surface area contributed by atoms with Crippen LogP contribution in [0, 0.1) is 0 Å². The van der Waals surface area contributed by atoms with E-state index >= 15 is 0 Å². The summed E-state index contributed by atoms with van der Waals surface area (Å²) in [6, 6.07) is 3.54. The highest BCUT2D eigenvalue weighted by molar-refractivity contribution is 7.91. The minimum absolute atomic E-state index is 0.0140. The molecule has 0 saturated heterocycles. The number of nitrogens with zero attached hydrogens (tertiary/aromatic N) is 1. The number of sulfonamides is 1. The van der Waals surface area contributed by atoms with Crippen LogP contribution < -0.4 is 5.32 Å². The second-order valence-electron chi connectivity index (χ2n) is 4.05. The second-order valence-corrected chi connectivity index (χ2v) is 7.34. The van der Waals surface area contributed by atoms with Crippen molar-refractivity contribution in [1.29, 1.82) is 0 Å². The number of nitrogens with one attached hydrogen (secondary N) is 1. The Labute approximate surface area is 108 Å². The lowest BCUT2D eigenvalue weighted by molar-refractivity contribution is 0.370. The molecule has 0 atom stereocenters. The standard InChI is InChI=1S/C11H20N2O2S2/c1-5-13(9(2)3)17(14,15)11-7-6-10(16-11)8-12-4/h6-7,9,12H,5,8H2,1-4H3. The van der Waals surface area contributed by atoms with Crippen molar-refractivity contribution in [2.24, 2.45) is 0 Å². The average molecular weight is 276 g/mol. The molecule has 98 valence electrons. The summed E-state index contributed by atoms with van der Waals surface area (Å²) in [5.74, 6) is 0. The highest BCUT2D eigenvalue weighted by Gasteiger charge is 2.26. The van der Waals surface area contributed by atoms with Crippen LogP contribution in [-0.2, 0) is 16.6 Å². The van der Waals surface area contributed by atoms with Crippen molar-refractivity contribution in [2.75, 3.05) is 13.6 Å². The maximum atomic E-state index is 12.3. The van der Waals surface area contributed by atoms with Gasteiger partial charge in [0.1, 0.15) is 4.21 Å². The maximum absolute atomic E-state index is 12.3. The first-order valence-corrected chi connectivity index (χ1v) is 7.94. The highest BCUT2D eigenvalue weighted by atomic mass is 32.2. The molecule has 0 radical (unpaired) electrons. The van der Waals surface area contributed by atoms with Crippen LogP contribution in [0.2, 0.25) is 0 Å². The zero-order chi connectivity index (χ0) is 13.1. The van der Waals surface area contributed by atoms with Gasteiger partial charge in [-0.25, -0.2) is 8.42 Å². The van der Waals surface area contributed by atoms with Gasteiger partial charge in [0.25, 0.3) is 10.0 Å². The van der Waals surface area contributed by atoms with Crippen molar-refractivity contribution >= 4 is 21.4 Å². The molecule has 0 aliphatic carbocycles. The van der Waals surface area contributed by atoms with Crippen LogP contribution in [-0.4, -0.2) is 32.4 Å². The third kappa shape index (κ3) is 3.28. The SMILES string of the molecule is CCN(C(C)C)S(=O)(=O)c1ccc(CNC)s1. The summed E-state index contributed by atoms with van der Waals surface area (Å²) in [6.45, 7) is 6.85. The van der Waals surface area contributed by atoms with E-state index in [-0.39, 0.29) is 6.04 Å². The van der Waals surface area contributed by atoms with Gasteiger partial charge in [-0.1, -0.05) is 6.92 Å². The summed E-state index contributed by atoms with van der Waals surface area (Å²) in [6.07, 6.45) is 0. The Morgan fingerprint density at radius 2 is 2.06 bits per heavy atom. The first-order chi connectivity index (χ1) is 7.93. The molecular formula is C11H20N2O2S2. The van der Waals surface area contributed by atoms with Crippen LogP contribution in [0.3, 0.4) is 0 Å². The van der Waals surface area contributed by atoms with E-state index < -0.39 is 10.0 Å². The predicted octanol–water partition coefficient (Wildman–Crippen LogP) is 1.89. The predicted molar refractivity (Wildman–Crippen MR) is 71.8 cm³/mol. The van der Waals surface area contributed by atoms with Gasteiger partial charge < -0.3 is 5.32 Å². The minimum Gasteiger partial charge on any atom is -0.315 e. The molecule has 0 aliphatic heterocycles. The van der Waals surface area contributed by atoms with Gasteiger partial charge >= 0.3 is 0 Å². The van der Waals surface area contributed by atoms with Crippen LogP contribution in [0.25, 0.3) is 0 Å². The van der Waals surface area contributed by atoms with E-state index in [1.807, 2.05) is 33.9 Å². The largest absolute Gasteiger partial charge is 0.315 e. The van der Waals surface area contributed by atoms with Crippen molar-refractivity contribution in [1.82, 2.24) is 9.62 Å². The number of thiophene rings is 1. The normalized spacial score (nSPS) is 12.6. The van der Waals surface area contributed by atoms with Gasteiger partial charge in [-0.2, -0.15) is 4.31 Å². The van der Waals surface area contributed by atoms with E-state index in [4.69, 9.17) is 0 Å². The molecule has 1 aromatic heterocycles. The van der Waals surface area contributed by atoms with E-state index in [0.717, 1.165) is 4.88 Å². The van der Waals surface area contributed by atoms with E-state index in [0.29, 0.717) is 17.3 Å². The average Bonchev–Trinajstić information content (AvgIpc) is 2.67. The van der Waals surface area contributed by atoms with Crippen LogP contribution >= 0.6 is 11.3 Å². The molecule has 0 unspecified atom stereocenters. The lowest BCUT2D eigenvalue weighted by Crippen LogP contribution is -2.36. The van der Waals surface area contributed by atoms with Crippen LogP contribution in [0.15, 0.2) is 16.3 Å². The van der Waals surface area contributed by atoms with E-state index in [1.54, 1.807) is 6.07 Å². The molecule has 0 bridgehead atoms. The van der Waals surface area contributed by atoms with Gasteiger partial charge in [-0.15, -0.1) is 11.3 Å². The molecule has 1 rings (SSSR count). The summed E-state index contributed by atoms with van der Waals surface area (Å²) >= 11 is 1.33. The van der Waals surface area contributed by atoms with E-state index in [9.17, 15) is 8.42 Å². The fourth-order valence-corrected chi connectivity index (χ4v) is 4.84. The van der Waals surface area contributed by atoms with Crippen LogP contribution in [0.4, 0.5) is 0 Å². The van der Waals surface area contributed by atoms with Crippen LogP contribution in [0.1, 0.15) is 25.6 Å². The van der Waals surface area contributed by atoms with Gasteiger partial charge in [0.2, 0.25) is 0 Å². The van der Waals surface area contributed by atoms with Crippen molar-refractivity contribution < 1.29 is 8.42 Å².